The first-order valence-electron chi connectivity index (χ1n) is 6.71. The van der Waals surface area contributed by atoms with Gasteiger partial charge in [0.1, 0.15) is 0 Å². The number of aryl methyl sites for hydroxylation is 2. The quantitative estimate of drug-likeness (QED) is 0.832. The van der Waals surface area contributed by atoms with Crippen LogP contribution < -0.4 is 5.32 Å². The van der Waals surface area contributed by atoms with Crippen molar-refractivity contribution < 1.29 is 0 Å². The molecule has 1 aromatic carbocycles. The van der Waals surface area contributed by atoms with Gasteiger partial charge in [-0.05, 0) is 38.9 Å². The molecule has 0 aliphatic rings. The molecule has 102 valence electrons. The molecular weight excluding hydrogens is 220 g/mol. The van der Waals surface area contributed by atoms with Gasteiger partial charge in [0, 0.05) is 19.6 Å². The summed E-state index contributed by atoms with van der Waals surface area (Å²) in [4.78, 5) is 2.25. The van der Waals surface area contributed by atoms with Gasteiger partial charge in [0.25, 0.3) is 0 Å². The molecule has 1 N–H and O–H groups in total. The summed E-state index contributed by atoms with van der Waals surface area (Å²) in [5, 5.41) is 3.58. The van der Waals surface area contributed by atoms with E-state index in [1.807, 2.05) is 0 Å². The van der Waals surface area contributed by atoms with Crippen molar-refractivity contribution in [1.82, 2.24) is 10.2 Å². The van der Waals surface area contributed by atoms with E-state index in [9.17, 15) is 0 Å². The van der Waals surface area contributed by atoms with E-state index in [-0.39, 0.29) is 0 Å². The number of nitrogens with zero attached hydrogens (tertiary/aromatic N) is 1. The third kappa shape index (κ3) is 5.65. The molecule has 1 aromatic rings. The van der Waals surface area contributed by atoms with Crippen molar-refractivity contribution in [2.24, 2.45) is 5.41 Å². The molecule has 18 heavy (non-hydrogen) atoms. The fraction of sp³-hybridized carbons (Fsp3) is 0.625. The molecular formula is C16H28N2. The molecule has 0 radical (unpaired) electrons. The minimum absolute atomic E-state index is 0.308. The molecule has 0 saturated heterocycles. The van der Waals surface area contributed by atoms with Crippen LogP contribution in [0.25, 0.3) is 0 Å². The van der Waals surface area contributed by atoms with Crippen molar-refractivity contribution in [2.45, 2.75) is 34.2 Å². The molecule has 0 atom stereocenters. The Labute approximate surface area is 112 Å². The maximum atomic E-state index is 3.58. The average Bonchev–Trinajstić information content (AvgIpc) is 2.12. The highest BCUT2D eigenvalue weighted by Gasteiger charge is 2.17. The van der Waals surface area contributed by atoms with E-state index in [0.29, 0.717) is 5.41 Å². The predicted molar refractivity (Wildman–Crippen MR) is 80.0 cm³/mol. The summed E-state index contributed by atoms with van der Waals surface area (Å²) in [6.45, 7) is 12.0. The summed E-state index contributed by atoms with van der Waals surface area (Å²) in [7, 11) is 4.26. The zero-order valence-electron chi connectivity index (χ0n) is 12.8. The fourth-order valence-electron chi connectivity index (χ4n) is 2.63. The van der Waals surface area contributed by atoms with Crippen LogP contribution in [-0.4, -0.2) is 32.1 Å². The standard InChI is InChI=1S/C16H28N2/c1-13-7-14(2)9-15(8-13)10-17-11-16(3,4)12-18(5)6/h7-9,17H,10-12H2,1-6H3. The van der Waals surface area contributed by atoms with Crippen molar-refractivity contribution in [2.75, 3.05) is 27.2 Å². The summed E-state index contributed by atoms with van der Waals surface area (Å²) in [6, 6.07) is 6.75. The van der Waals surface area contributed by atoms with E-state index >= 15 is 0 Å². The van der Waals surface area contributed by atoms with E-state index in [2.05, 4.69) is 70.2 Å². The van der Waals surface area contributed by atoms with Crippen LogP contribution in [0.1, 0.15) is 30.5 Å². The molecule has 0 bridgehead atoms. The van der Waals surface area contributed by atoms with Gasteiger partial charge in [-0.25, -0.2) is 0 Å². The molecule has 0 unspecified atom stereocenters. The Morgan fingerprint density at radius 1 is 1.06 bits per heavy atom. The van der Waals surface area contributed by atoms with Crippen molar-refractivity contribution in [1.29, 1.82) is 0 Å². The van der Waals surface area contributed by atoms with Crippen LogP contribution in [0.15, 0.2) is 18.2 Å². The molecule has 0 aliphatic heterocycles. The van der Waals surface area contributed by atoms with Crippen LogP contribution in [0.2, 0.25) is 0 Å². The van der Waals surface area contributed by atoms with E-state index < -0.39 is 0 Å². The van der Waals surface area contributed by atoms with E-state index in [4.69, 9.17) is 0 Å². The molecule has 0 saturated carbocycles. The lowest BCUT2D eigenvalue weighted by Gasteiger charge is -2.28. The van der Waals surface area contributed by atoms with E-state index in [1.54, 1.807) is 0 Å². The first kappa shape index (κ1) is 15.2. The van der Waals surface area contributed by atoms with Crippen LogP contribution in [0.4, 0.5) is 0 Å². The minimum atomic E-state index is 0.308. The smallest absolute Gasteiger partial charge is 0.0205 e. The van der Waals surface area contributed by atoms with Crippen LogP contribution in [0, 0.1) is 19.3 Å². The van der Waals surface area contributed by atoms with Crippen molar-refractivity contribution in [3.05, 3.63) is 34.9 Å². The summed E-state index contributed by atoms with van der Waals surface area (Å²) in [5.74, 6) is 0. The lowest BCUT2D eigenvalue weighted by Crippen LogP contribution is -2.37. The van der Waals surface area contributed by atoms with Gasteiger partial charge in [-0.3, -0.25) is 0 Å². The number of nitrogens with one attached hydrogen (secondary N) is 1. The largest absolute Gasteiger partial charge is 0.312 e. The minimum Gasteiger partial charge on any atom is -0.312 e. The topological polar surface area (TPSA) is 15.3 Å². The molecule has 2 heteroatoms. The lowest BCUT2D eigenvalue weighted by atomic mass is 9.93. The molecule has 0 aromatic heterocycles. The monoisotopic (exact) mass is 248 g/mol. The maximum Gasteiger partial charge on any atom is 0.0205 e. The maximum absolute atomic E-state index is 3.58. The number of benzene rings is 1. The lowest BCUT2D eigenvalue weighted by molar-refractivity contribution is 0.232. The Morgan fingerprint density at radius 3 is 2.11 bits per heavy atom. The van der Waals surface area contributed by atoms with Gasteiger partial charge in [0.05, 0.1) is 0 Å². The fourth-order valence-corrected chi connectivity index (χ4v) is 2.63. The third-order valence-electron chi connectivity index (χ3n) is 2.96. The SMILES string of the molecule is Cc1cc(C)cc(CNCC(C)(C)CN(C)C)c1. The Hall–Kier alpha value is -0.860. The highest BCUT2D eigenvalue weighted by atomic mass is 15.1. The number of rotatable bonds is 6. The van der Waals surface area contributed by atoms with Crippen molar-refractivity contribution >= 4 is 0 Å². The first-order valence-corrected chi connectivity index (χ1v) is 6.71. The van der Waals surface area contributed by atoms with Gasteiger partial charge in [0.2, 0.25) is 0 Å². The molecule has 1 rings (SSSR count). The van der Waals surface area contributed by atoms with E-state index in [0.717, 1.165) is 19.6 Å². The Balaban J connectivity index is 2.46. The Kier molecular flexibility index (Phi) is 5.36. The normalized spacial score (nSPS) is 12.2. The van der Waals surface area contributed by atoms with Crippen LogP contribution in [0.5, 0.6) is 0 Å². The summed E-state index contributed by atoms with van der Waals surface area (Å²) in [6.07, 6.45) is 0. The van der Waals surface area contributed by atoms with Gasteiger partial charge in [-0.1, -0.05) is 43.2 Å². The van der Waals surface area contributed by atoms with E-state index in [1.165, 1.54) is 16.7 Å². The summed E-state index contributed by atoms with van der Waals surface area (Å²) >= 11 is 0. The van der Waals surface area contributed by atoms with Crippen molar-refractivity contribution in [3.63, 3.8) is 0 Å². The zero-order chi connectivity index (χ0) is 13.8. The molecule has 0 fully saturated rings. The van der Waals surface area contributed by atoms with Gasteiger partial charge in [-0.15, -0.1) is 0 Å². The molecule has 0 amide bonds. The van der Waals surface area contributed by atoms with Crippen molar-refractivity contribution in [3.8, 4) is 0 Å². The molecule has 0 heterocycles. The molecule has 2 nitrogen and oxygen atoms in total. The average molecular weight is 248 g/mol. The summed E-state index contributed by atoms with van der Waals surface area (Å²) in [5.41, 5.74) is 4.38. The Morgan fingerprint density at radius 2 is 1.61 bits per heavy atom. The first-order chi connectivity index (χ1) is 8.28. The summed E-state index contributed by atoms with van der Waals surface area (Å²) < 4.78 is 0. The van der Waals surface area contributed by atoms with Gasteiger partial charge >= 0.3 is 0 Å². The second kappa shape index (κ2) is 6.35. The highest BCUT2D eigenvalue weighted by Crippen LogP contribution is 2.15. The molecule has 0 spiro atoms. The van der Waals surface area contributed by atoms with Crippen LogP contribution >= 0.6 is 0 Å². The molecule has 0 aliphatic carbocycles. The third-order valence-corrected chi connectivity index (χ3v) is 2.96. The van der Waals surface area contributed by atoms with Crippen LogP contribution in [0.3, 0.4) is 0 Å². The zero-order valence-corrected chi connectivity index (χ0v) is 12.8. The second-order valence-electron chi connectivity index (χ2n) is 6.50. The van der Waals surface area contributed by atoms with Crippen LogP contribution in [-0.2, 0) is 6.54 Å². The van der Waals surface area contributed by atoms with Gasteiger partial charge in [-0.2, -0.15) is 0 Å². The number of hydrogen-bond donors (Lipinski definition) is 1. The Bertz CT molecular complexity index is 360. The number of hydrogen-bond acceptors (Lipinski definition) is 2. The predicted octanol–water partition coefficient (Wildman–Crippen LogP) is 2.98. The second-order valence-corrected chi connectivity index (χ2v) is 6.50. The van der Waals surface area contributed by atoms with Gasteiger partial charge in [0.15, 0.2) is 0 Å². The van der Waals surface area contributed by atoms with Gasteiger partial charge < -0.3 is 10.2 Å². The highest BCUT2D eigenvalue weighted by molar-refractivity contribution is 5.28.